The Hall–Kier alpha value is -2.21. The first kappa shape index (κ1) is 18.8. The lowest BCUT2D eigenvalue weighted by Crippen LogP contribution is -2.31. The summed E-state index contributed by atoms with van der Waals surface area (Å²) in [5.41, 5.74) is 6.76. The van der Waals surface area contributed by atoms with Crippen molar-refractivity contribution in [3.8, 4) is 0 Å². The van der Waals surface area contributed by atoms with Crippen LogP contribution in [0.3, 0.4) is 0 Å². The molecule has 2 rings (SSSR count). The lowest BCUT2D eigenvalue weighted by Gasteiger charge is -2.25. The van der Waals surface area contributed by atoms with E-state index in [1.165, 1.54) is 11.1 Å². The van der Waals surface area contributed by atoms with Crippen molar-refractivity contribution in [2.75, 3.05) is 12.8 Å². The van der Waals surface area contributed by atoms with Crippen LogP contribution in [-0.2, 0) is 11.2 Å². The molecule has 0 saturated carbocycles. The van der Waals surface area contributed by atoms with Gasteiger partial charge in [0.05, 0.1) is 24.3 Å². The number of pyridine rings is 1. The van der Waals surface area contributed by atoms with Crippen molar-refractivity contribution >= 4 is 24.0 Å². The van der Waals surface area contributed by atoms with E-state index in [9.17, 15) is 13.6 Å². The zero-order valence-electron chi connectivity index (χ0n) is 12.8. The van der Waals surface area contributed by atoms with Gasteiger partial charge in [0, 0.05) is 18.3 Å². The minimum atomic E-state index is -0.586. The molecule has 0 radical (unpaired) electrons. The van der Waals surface area contributed by atoms with Crippen LogP contribution in [-0.4, -0.2) is 22.8 Å². The zero-order chi connectivity index (χ0) is 16.3. The summed E-state index contributed by atoms with van der Waals surface area (Å²) in [6.07, 6.45) is 1.54. The van der Waals surface area contributed by atoms with Crippen molar-refractivity contribution in [1.82, 2.24) is 9.88 Å². The number of aromatic nitrogens is 1. The lowest BCUT2D eigenvalue weighted by atomic mass is 10.1. The fraction of sp³-hybridized carbons (Fsp3) is 0.250. The van der Waals surface area contributed by atoms with Crippen LogP contribution in [0.25, 0.3) is 0 Å². The van der Waals surface area contributed by atoms with E-state index in [1.54, 1.807) is 26.1 Å². The van der Waals surface area contributed by atoms with Gasteiger partial charge in [-0.2, -0.15) is 0 Å². The smallest absolute Gasteiger partial charge is 0.228 e. The molecule has 1 aromatic carbocycles. The SMILES string of the molecule is CC(c1cc(F)ccc1F)N(C)C(=O)Cc1ccc(N)cn1.Cl. The molecule has 0 aliphatic rings. The number of nitrogens with zero attached hydrogens (tertiary/aromatic N) is 2. The molecule has 2 N–H and O–H groups in total. The Morgan fingerprint density at radius 1 is 1.30 bits per heavy atom. The topological polar surface area (TPSA) is 59.2 Å². The van der Waals surface area contributed by atoms with Gasteiger partial charge < -0.3 is 10.6 Å². The highest BCUT2D eigenvalue weighted by Gasteiger charge is 2.21. The Balaban J connectivity index is 0.00000264. The van der Waals surface area contributed by atoms with Gasteiger partial charge in [-0.25, -0.2) is 8.78 Å². The Morgan fingerprint density at radius 2 is 2.00 bits per heavy atom. The van der Waals surface area contributed by atoms with Crippen LogP contribution in [0.15, 0.2) is 36.5 Å². The Kier molecular flexibility index (Phi) is 6.45. The average molecular weight is 342 g/mol. The molecule has 2 aromatic rings. The van der Waals surface area contributed by atoms with Crippen molar-refractivity contribution in [3.63, 3.8) is 0 Å². The highest BCUT2D eigenvalue weighted by Crippen LogP contribution is 2.23. The van der Waals surface area contributed by atoms with Crippen LogP contribution < -0.4 is 5.73 Å². The van der Waals surface area contributed by atoms with Gasteiger partial charge in [0.1, 0.15) is 11.6 Å². The first-order valence-electron chi connectivity index (χ1n) is 6.79. The number of halogens is 3. The summed E-state index contributed by atoms with van der Waals surface area (Å²) < 4.78 is 27.0. The Morgan fingerprint density at radius 3 is 2.61 bits per heavy atom. The predicted octanol–water partition coefficient (Wildman–Crippen LogP) is 3.13. The molecule has 0 fully saturated rings. The minimum absolute atomic E-state index is 0. The zero-order valence-corrected chi connectivity index (χ0v) is 13.6. The molecule has 4 nitrogen and oxygen atoms in total. The van der Waals surface area contributed by atoms with Crippen LogP contribution >= 0.6 is 12.4 Å². The molecule has 7 heteroatoms. The summed E-state index contributed by atoms with van der Waals surface area (Å²) in [5.74, 6) is -1.32. The largest absolute Gasteiger partial charge is 0.397 e. The molecule has 1 heterocycles. The Labute approximate surface area is 139 Å². The Bertz CT molecular complexity index is 680. The van der Waals surface area contributed by atoms with Gasteiger partial charge in [-0.1, -0.05) is 0 Å². The molecule has 1 aromatic heterocycles. The number of hydrogen-bond donors (Lipinski definition) is 1. The molecular formula is C16H18ClF2N3O. The molecule has 0 aliphatic carbocycles. The van der Waals surface area contributed by atoms with Crippen molar-refractivity contribution in [1.29, 1.82) is 0 Å². The first-order chi connectivity index (χ1) is 10.4. The molecule has 0 aliphatic heterocycles. The monoisotopic (exact) mass is 341 g/mol. The number of anilines is 1. The van der Waals surface area contributed by atoms with Crippen molar-refractivity contribution < 1.29 is 13.6 Å². The van der Waals surface area contributed by atoms with E-state index in [4.69, 9.17) is 5.73 Å². The second-order valence-electron chi connectivity index (χ2n) is 5.11. The predicted molar refractivity (Wildman–Crippen MR) is 87.1 cm³/mol. The summed E-state index contributed by atoms with van der Waals surface area (Å²) in [6, 6.07) is 5.94. The fourth-order valence-corrected chi connectivity index (χ4v) is 2.08. The number of benzene rings is 1. The van der Waals surface area contributed by atoms with Crippen molar-refractivity contribution in [2.24, 2.45) is 0 Å². The molecular weight excluding hydrogens is 324 g/mol. The first-order valence-corrected chi connectivity index (χ1v) is 6.79. The van der Waals surface area contributed by atoms with E-state index in [1.807, 2.05) is 0 Å². The quantitative estimate of drug-likeness (QED) is 0.929. The maximum atomic E-state index is 13.8. The highest BCUT2D eigenvalue weighted by atomic mass is 35.5. The van der Waals surface area contributed by atoms with Crippen LogP contribution in [0.1, 0.15) is 24.2 Å². The van der Waals surface area contributed by atoms with Crippen LogP contribution in [0, 0.1) is 11.6 Å². The number of nitrogen functional groups attached to an aromatic ring is 1. The number of carbonyl (C=O) groups excluding carboxylic acids is 1. The molecule has 1 amide bonds. The number of rotatable bonds is 4. The second kappa shape index (κ2) is 7.87. The molecule has 23 heavy (non-hydrogen) atoms. The fourth-order valence-electron chi connectivity index (χ4n) is 2.08. The van der Waals surface area contributed by atoms with E-state index in [0.29, 0.717) is 11.4 Å². The van der Waals surface area contributed by atoms with E-state index in [0.717, 1.165) is 18.2 Å². The van der Waals surface area contributed by atoms with Crippen LogP contribution in [0.4, 0.5) is 14.5 Å². The van der Waals surface area contributed by atoms with Crippen LogP contribution in [0.5, 0.6) is 0 Å². The highest BCUT2D eigenvalue weighted by molar-refractivity contribution is 5.85. The normalized spacial score (nSPS) is 11.5. The second-order valence-corrected chi connectivity index (χ2v) is 5.11. The van der Waals surface area contributed by atoms with Gasteiger partial charge in [-0.3, -0.25) is 9.78 Å². The van der Waals surface area contributed by atoms with Crippen molar-refractivity contribution in [3.05, 3.63) is 59.4 Å². The van der Waals surface area contributed by atoms with Gasteiger partial charge in [0.25, 0.3) is 0 Å². The lowest BCUT2D eigenvalue weighted by molar-refractivity contribution is -0.131. The van der Waals surface area contributed by atoms with E-state index < -0.39 is 17.7 Å². The molecule has 0 saturated heterocycles. The van der Waals surface area contributed by atoms with Gasteiger partial charge >= 0.3 is 0 Å². The number of amides is 1. The van der Waals surface area contributed by atoms with Gasteiger partial charge in [0.15, 0.2) is 0 Å². The van der Waals surface area contributed by atoms with Gasteiger partial charge in [-0.05, 0) is 37.3 Å². The van der Waals surface area contributed by atoms with E-state index in [2.05, 4.69) is 4.98 Å². The summed E-state index contributed by atoms with van der Waals surface area (Å²) in [4.78, 5) is 17.7. The summed E-state index contributed by atoms with van der Waals surface area (Å²) in [5, 5.41) is 0. The third-order valence-corrected chi connectivity index (χ3v) is 3.56. The maximum absolute atomic E-state index is 13.8. The summed E-state index contributed by atoms with van der Waals surface area (Å²) >= 11 is 0. The van der Waals surface area contributed by atoms with Gasteiger partial charge in [-0.15, -0.1) is 12.4 Å². The van der Waals surface area contributed by atoms with E-state index >= 15 is 0 Å². The standard InChI is InChI=1S/C16H17F2N3O.ClH/c1-10(14-7-11(17)3-6-15(14)18)21(2)16(22)8-13-5-4-12(19)9-20-13;/h3-7,9-10H,8,19H2,1-2H3;1H. The molecule has 1 unspecified atom stereocenters. The summed E-state index contributed by atoms with van der Waals surface area (Å²) in [6.45, 7) is 1.65. The summed E-state index contributed by atoms with van der Waals surface area (Å²) in [7, 11) is 1.55. The molecule has 1 atom stereocenters. The van der Waals surface area contributed by atoms with E-state index in [-0.39, 0.29) is 30.3 Å². The molecule has 0 spiro atoms. The number of carbonyl (C=O) groups is 1. The third kappa shape index (κ3) is 4.63. The number of likely N-dealkylation sites (N-methyl/N-ethyl adjacent to an activating group) is 1. The molecule has 124 valence electrons. The average Bonchev–Trinajstić information content (AvgIpc) is 2.50. The number of hydrogen-bond acceptors (Lipinski definition) is 3. The van der Waals surface area contributed by atoms with Gasteiger partial charge in [0.2, 0.25) is 5.91 Å². The third-order valence-electron chi connectivity index (χ3n) is 3.56. The number of nitrogens with two attached hydrogens (primary N) is 1. The minimum Gasteiger partial charge on any atom is -0.397 e. The maximum Gasteiger partial charge on any atom is 0.228 e. The van der Waals surface area contributed by atoms with Crippen molar-refractivity contribution in [2.45, 2.75) is 19.4 Å². The van der Waals surface area contributed by atoms with Crippen LogP contribution in [0.2, 0.25) is 0 Å². The molecule has 0 bridgehead atoms.